The Hall–Kier alpha value is -0.280. The van der Waals surface area contributed by atoms with E-state index < -0.39 is 0 Å². The van der Waals surface area contributed by atoms with E-state index in [1.807, 2.05) is 0 Å². The highest BCUT2D eigenvalue weighted by Gasteiger charge is 1.99. The van der Waals surface area contributed by atoms with Crippen molar-refractivity contribution in [3.8, 4) is 0 Å². The minimum atomic E-state index is 0.00711. The minimum Gasteiger partial charge on any atom is -0.319 e. The summed E-state index contributed by atoms with van der Waals surface area (Å²) in [6.07, 6.45) is 0.485. The second-order valence-electron chi connectivity index (χ2n) is 1.72. The Bertz CT molecular complexity index is 122. The van der Waals surface area contributed by atoms with Gasteiger partial charge in [0, 0.05) is 17.9 Å². The molecule has 0 heterocycles. The lowest BCUT2D eigenvalue weighted by Gasteiger charge is -1.95. The zero-order valence-electron chi connectivity index (χ0n) is 5.48. The fraction of sp³-hybridized carbons (Fsp3) is 0.500. The molecule has 0 radical (unpaired) electrons. The molecule has 0 aliphatic rings. The first kappa shape index (κ1) is 8.72. The summed E-state index contributed by atoms with van der Waals surface area (Å²) in [4.78, 5) is 11.0. The molecule has 52 valence electrons. The average molecular weight is 145 g/mol. The second kappa shape index (κ2) is 4.58. The molecule has 0 saturated carbocycles. The molecule has 0 aliphatic heterocycles. The van der Waals surface area contributed by atoms with Crippen molar-refractivity contribution in [2.24, 2.45) is 0 Å². The molecule has 0 fully saturated rings. The Kier molecular flexibility index (Phi) is 4.44. The molecule has 2 nitrogen and oxygen atoms in total. The van der Waals surface area contributed by atoms with E-state index in [1.165, 1.54) is 0 Å². The fourth-order valence-electron chi connectivity index (χ4n) is 0.383. The lowest BCUT2D eigenvalue weighted by atomic mass is 10.3. The van der Waals surface area contributed by atoms with Crippen molar-refractivity contribution in [3.05, 3.63) is 11.5 Å². The number of hydrogen-bond donors (Lipinski definition) is 2. The van der Waals surface area contributed by atoms with Crippen molar-refractivity contribution in [1.82, 2.24) is 5.32 Å². The first-order valence-electron chi connectivity index (χ1n) is 2.74. The molecule has 0 aliphatic carbocycles. The summed E-state index contributed by atoms with van der Waals surface area (Å²) >= 11 is 3.79. The molecule has 0 aromatic carbocycles. The molecule has 0 aromatic rings. The molecule has 0 amide bonds. The van der Waals surface area contributed by atoms with Gasteiger partial charge in [-0.1, -0.05) is 6.58 Å². The van der Waals surface area contributed by atoms with E-state index in [4.69, 9.17) is 0 Å². The van der Waals surface area contributed by atoms with Gasteiger partial charge in [-0.05, 0) is 7.05 Å². The van der Waals surface area contributed by atoms with Crippen molar-refractivity contribution in [1.29, 1.82) is 0 Å². The largest absolute Gasteiger partial charge is 0.319 e. The molecule has 0 atom stereocenters. The lowest BCUT2D eigenvalue weighted by molar-refractivity contribution is -0.114. The number of hydrogen-bond acceptors (Lipinski definition) is 3. The van der Waals surface area contributed by atoms with E-state index in [-0.39, 0.29) is 5.78 Å². The molecule has 0 aromatic heterocycles. The number of carbonyl (C=O) groups is 1. The number of rotatable bonds is 4. The number of carbonyl (C=O) groups excluding carboxylic acids is 1. The van der Waals surface area contributed by atoms with Crippen LogP contribution < -0.4 is 5.32 Å². The average Bonchev–Trinajstić information content (AvgIpc) is 1.82. The van der Waals surface area contributed by atoms with Gasteiger partial charge < -0.3 is 5.32 Å². The number of nitrogens with one attached hydrogen (secondary N) is 1. The zero-order chi connectivity index (χ0) is 7.28. The van der Waals surface area contributed by atoms with Gasteiger partial charge in [-0.15, -0.1) is 12.6 Å². The van der Waals surface area contributed by atoms with Crippen molar-refractivity contribution in [2.75, 3.05) is 13.6 Å². The summed E-state index contributed by atoms with van der Waals surface area (Å²) in [5, 5.41) is 2.86. The van der Waals surface area contributed by atoms with E-state index in [0.717, 1.165) is 0 Å². The summed E-state index contributed by atoms with van der Waals surface area (Å²) in [6.45, 7) is 4.09. The normalized spacial score (nSPS) is 9.11. The van der Waals surface area contributed by atoms with Crippen LogP contribution in [-0.4, -0.2) is 19.4 Å². The summed E-state index contributed by atoms with van der Waals surface area (Å²) in [7, 11) is 1.80. The van der Waals surface area contributed by atoms with Crippen molar-refractivity contribution >= 4 is 18.4 Å². The highest BCUT2D eigenvalue weighted by Crippen LogP contribution is 1.99. The third-order valence-corrected chi connectivity index (χ3v) is 1.17. The van der Waals surface area contributed by atoms with Crippen molar-refractivity contribution in [3.63, 3.8) is 0 Å². The van der Waals surface area contributed by atoms with Crippen LogP contribution in [0.2, 0.25) is 0 Å². The van der Waals surface area contributed by atoms with Gasteiger partial charge in [0.15, 0.2) is 5.78 Å². The van der Waals surface area contributed by atoms with Crippen molar-refractivity contribution < 1.29 is 4.79 Å². The third kappa shape index (κ3) is 4.24. The van der Waals surface area contributed by atoms with Crippen LogP contribution >= 0.6 is 12.6 Å². The summed E-state index contributed by atoms with van der Waals surface area (Å²) in [6, 6.07) is 0. The molecular weight excluding hydrogens is 134 g/mol. The van der Waals surface area contributed by atoms with Crippen LogP contribution in [0.15, 0.2) is 11.5 Å². The number of thiol groups is 1. The maximum absolute atomic E-state index is 10.7. The van der Waals surface area contributed by atoms with E-state index in [0.29, 0.717) is 17.9 Å². The van der Waals surface area contributed by atoms with E-state index in [2.05, 4.69) is 24.5 Å². The van der Waals surface area contributed by atoms with Gasteiger partial charge >= 0.3 is 0 Å². The summed E-state index contributed by atoms with van der Waals surface area (Å²) < 4.78 is 0. The Balaban J connectivity index is 3.39. The van der Waals surface area contributed by atoms with Gasteiger partial charge in [0.25, 0.3) is 0 Å². The van der Waals surface area contributed by atoms with E-state index in [9.17, 15) is 4.79 Å². The summed E-state index contributed by atoms with van der Waals surface area (Å²) in [5.74, 6) is 0.00711. The van der Waals surface area contributed by atoms with Crippen LogP contribution in [0.25, 0.3) is 0 Å². The quantitative estimate of drug-likeness (QED) is 0.448. The van der Waals surface area contributed by atoms with Gasteiger partial charge in [0.05, 0.1) is 0 Å². The smallest absolute Gasteiger partial charge is 0.169 e. The fourth-order valence-corrected chi connectivity index (χ4v) is 0.495. The van der Waals surface area contributed by atoms with Crippen LogP contribution in [0.1, 0.15) is 6.42 Å². The Morgan fingerprint density at radius 2 is 2.33 bits per heavy atom. The highest BCUT2D eigenvalue weighted by molar-refractivity contribution is 7.85. The van der Waals surface area contributed by atoms with Gasteiger partial charge in [-0.3, -0.25) is 4.79 Å². The predicted molar refractivity (Wildman–Crippen MR) is 41.7 cm³/mol. The number of ketones is 1. The predicted octanol–water partition coefficient (Wildman–Crippen LogP) is 0.608. The minimum absolute atomic E-state index is 0.00711. The van der Waals surface area contributed by atoms with Crippen LogP contribution in [0.4, 0.5) is 0 Å². The Morgan fingerprint density at radius 3 is 2.67 bits per heavy atom. The SMILES string of the molecule is C=C(S)C(=O)CCNC. The third-order valence-electron chi connectivity index (χ3n) is 0.924. The van der Waals surface area contributed by atoms with Gasteiger partial charge in [0.1, 0.15) is 0 Å². The molecule has 0 saturated heterocycles. The maximum atomic E-state index is 10.7. The monoisotopic (exact) mass is 145 g/mol. The molecule has 0 bridgehead atoms. The number of allylic oxidation sites excluding steroid dienone is 1. The van der Waals surface area contributed by atoms with Gasteiger partial charge in [0.2, 0.25) is 0 Å². The van der Waals surface area contributed by atoms with Crippen LogP contribution in [0, 0.1) is 0 Å². The van der Waals surface area contributed by atoms with Crippen LogP contribution in [-0.2, 0) is 4.79 Å². The Labute approximate surface area is 60.7 Å². The lowest BCUT2D eigenvalue weighted by Crippen LogP contribution is -2.12. The topological polar surface area (TPSA) is 29.1 Å². The molecule has 0 spiro atoms. The van der Waals surface area contributed by atoms with Gasteiger partial charge in [-0.25, -0.2) is 0 Å². The first-order valence-corrected chi connectivity index (χ1v) is 3.19. The maximum Gasteiger partial charge on any atom is 0.169 e. The zero-order valence-corrected chi connectivity index (χ0v) is 6.37. The van der Waals surface area contributed by atoms with E-state index in [1.54, 1.807) is 7.05 Å². The Morgan fingerprint density at radius 1 is 1.78 bits per heavy atom. The molecule has 1 N–H and O–H groups in total. The molecule has 9 heavy (non-hydrogen) atoms. The molecule has 0 unspecified atom stereocenters. The van der Waals surface area contributed by atoms with Gasteiger partial charge in [-0.2, -0.15) is 0 Å². The second-order valence-corrected chi connectivity index (χ2v) is 2.26. The number of Topliss-reactive ketones (excluding diaryl/α,β-unsaturated/α-hetero) is 1. The standard InChI is InChI=1S/C6H11NOS/c1-5(9)6(8)3-4-7-2/h7,9H,1,3-4H2,2H3. The van der Waals surface area contributed by atoms with Crippen molar-refractivity contribution in [2.45, 2.75) is 6.42 Å². The first-order chi connectivity index (χ1) is 4.18. The van der Waals surface area contributed by atoms with E-state index >= 15 is 0 Å². The highest BCUT2D eigenvalue weighted by atomic mass is 32.1. The van der Waals surface area contributed by atoms with Crippen LogP contribution in [0.3, 0.4) is 0 Å². The van der Waals surface area contributed by atoms with Crippen LogP contribution in [0.5, 0.6) is 0 Å². The summed E-state index contributed by atoms with van der Waals surface area (Å²) in [5.41, 5.74) is 0. The molecular formula is C6H11NOS. The molecule has 0 rings (SSSR count). The molecule has 3 heteroatoms.